The van der Waals surface area contributed by atoms with Crippen molar-refractivity contribution in [2.75, 3.05) is 0 Å². The van der Waals surface area contributed by atoms with Crippen LogP contribution < -0.4 is 10.2 Å². The van der Waals surface area contributed by atoms with Crippen LogP contribution in [0.4, 0.5) is 0 Å². The zero-order valence-electron chi connectivity index (χ0n) is 15.5. The van der Waals surface area contributed by atoms with E-state index in [1.54, 1.807) is 31.2 Å². The van der Waals surface area contributed by atoms with Gasteiger partial charge in [0, 0.05) is 32.7 Å². The molecule has 0 aliphatic rings. The van der Waals surface area contributed by atoms with Crippen molar-refractivity contribution < 1.29 is 19.1 Å². The van der Waals surface area contributed by atoms with Crippen LogP contribution in [0.15, 0.2) is 59.9 Å². The van der Waals surface area contributed by atoms with E-state index < -0.39 is 11.9 Å². The van der Waals surface area contributed by atoms with Crippen LogP contribution in [-0.4, -0.2) is 18.0 Å². The number of fused-ring (bicyclic) bond motifs is 2. The van der Waals surface area contributed by atoms with Gasteiger partial charge in [-0.15, -0.1) is 11.3 Å². The Kier molecular flexibility index (Phi) is 6.21. The van der Waals surface area contributed by atoms with Gasteiger partial charge in [-0.05, 0) is 50.1 Å². The summed E-state index contributed by atoms with van der Waals surface area (Å²) >= 11 is 1.53. The highest BCUT2D eigenvalue weighted by molar-refractivity contribution is 7.24. The van der Waals surface area contributed by atoms with Gasteiger partial charge in [-0.25, -0.2) is 4.79 Å². The van der Waals surface area contributed by atoms with Crippen molar-refractivity contribution in [2.24, 2.45) is 0 Å². The molecule has 0 fully saturated rings. The summed E-state index contributed by atoms with van der Waals surface area (Å²) in [6.45, 7) is 5.10. The Balaban J connectivity index is 1.65. The summed E-state index contributed by atoms with van der Waals surface area (Å²) in [5, 5.41) is 1.20. The number of rotatable bonds is 7. The van der Waals surface area contributed by atoms with Crippen molar-refractivity contribution in [1.29, 1.82) is 0 Å². The van der Waals surface area contributed by atoms with Crippen LogP contribution in [0.3, 0.4) is 0 Å². The van der Waals surface area contributed by atoms with Crippen LogP contribution in [0.1, 0.15) is 26.2 Å². The minimum Gasteiger partial charge on any atom is -0.460 e. The molecule has 0 aliphatic heterocycles. The average Bonchev–Trinajstić information content (AvgIpc) is 2.68. The number of esters is 2. The topological polar surface area (TPSA) is 69.7 Å². The molecule has 0 aliphatic carbocycles. The van der Waals surface area contributed by atoms with Crippen molar-refractivity contribution in [3.63, 3.8) is 0 Å². The van der Waals surface area contributed by atoms with E-state index in [1.807, 2.05) is 18.2 Å². The molecule has 28 heavy (non-hydrogen) atoms. The van der Waals surface area contributed by atoms with Crippen LogP contribution in [0.2, 0.25) is 0 Å². The molecule has 6 heteroatoms. The largest absolute Gasteiger partial charge is 0.460 e. The fourth-order valence-electron chi connectivity index (χ4n) is 2.87. The Bertz CT molecular complexity index is 1100. The Morgan fingerprint density at radius 3 is 2.68 bits per heavy atom. The quantitative estimate of drug-likeness (QED) is 0.252. The number of carbonyl (C=O) groups is 2. The molecule has 0 radical (unpaired) electrons. The third-order valence-electron chi connectivity index (χ3n) is 4.25. The number of ether oxygens (including phenoxy) is 2. The average molecular weight is 396 g/mol. The van der Waals surface area contributed by atoms with E-state index in [2.05, 4.69) is 6.58 Å². The molecule has 1 unspecified atom stereocenters. The van der Waals surface area contributed by atoms with E-state index in [4.69, 9.17) is 9.47 Å². The van der Waals surface area contributed by atoms with Gasteiger partial charge in [-0.3, -0.25) is 9.59 Å². The molecular formula is C22H20O5S. The fraction of sp³-hybridized carbons (Fsp3) is 0.227. The van der Waals surface area contributed by atoms with Gasteiger partial charge in [-0.2, -0.15) is 0 Å². The first kappa shape index (κ1) is 19.8. The number of hydrogen-bond donors (Lipinski definition) is 0. The van der Waals surface area contributed by atoms with Gasteiger partial charge in [0.25, 0.3) is 0 Å². The Morgan fingerprint density at radius 1 is 1.14 bits per heavy atom. The molecule has 2 aromatic carbocycles. The zero-order valence-corrected chi connectivity index (χ0v) is 16.3. The summed E-state index contributed by atoms with van der Waals surface area (Å²) in [5.74, 6) is -0.519. The third-order valence-corrected chi connectivity index (χ3v) is 5.41. The lowest BCUT2D eigenvalue weighted by atomic mass is 10.1. The van der Waals surface area contributed by atoms with Gasteiger partial charge in [0.15, 0.2) is 5.43 Å². The van der Waals surface area contributed by atoms with Gasteiger partial charge in [-0.1, -0.05) is 18.7 Å². The summed E-state index contributed by atoms with van der Waals surface area (Å²) in [4.78, 5) is 35.9. The summed E-state index contributed by atoms with van der Waals surface area (Å²) in [5.41, 5.74) is -0.0693. The van der Waals surface area contributed by atoms with Crippen molar-refractivity contribution in [3.8, 4) is 5.75 Å². The minimum absolute atomic E-state index is 0.0693. The van der Waals surface area contributed by atoms with Gasteiger partial charge in [0.2, 0.25) is 0 Å². The molecular weight excluding hydrogens is 376 g/mol. The number of hydrogen-bond acceptors (Lipinski definition) is 6. The molecule has 0 N–H and O–H groups in total. The number of carbonyl (C=O) groups excluding carboxylic acids is 2. The van der Waals surface area contributed by atoms with Crippen molar-refractivity contribution >= 4 is 43.4 Å². The standard InChI is InChI=1S/C22H20O5S/c1-3-20(23)26-14(2)7-6-10-21(24)27-15-11-12-19-17(13-15)22(25)16-8-4-5-9-18(16)28-19/h3-5,8-9,11-14H,1,6-7,10H2,2H3. The molecule has 0 saturated carbocycles. The van der Waals surface area contributed by atoms with E-state index in [0.29, 0.717) is 29.4 Å². The molecule has 0 bridgehead atoms. The number of benzene rings is 2. The molecule has 0 saturated heterocycles. The van der Waals surface area contributed by atoms with Crippen LogP contribution in [0, 0.1) is 0 Å². The van der Waals surface area contributed by atoms with E-state index in [-0.39, 0.29) is 18.0 Å². The molecule has 5 nitrogen and oxygen atoms in total. The molecule has 0 amide bonds. The normalized spacial score (nSPS) is 11.9. The summed E-state index contributed by atoms with van der Waals surface area (Å²) in [6, 6.07) is 12.6. The van der Waals surface area contributed by atoms with E-state index in [1.165, 1.54) is 11.3 Å². The highest BCUT2D eigenvalue weighted by Gasteiger charge is 2.11. The Morgan fingerprint density at radius 2 is 1.89 bits per heavy atom. The summed E-state index contributed by atoms with van der Waals surface area (Å²) in [7, 11) is 0. The van der Waals surface area contributed by atoms with Crippen molar-refractivity contribution in [1.82, 2.24) is 0 Å². The predicted octanol–water partition coefficient (Wildman–Crippen LogP) is 4.61. The first-order chi connectivity index (χ1) is 13.5. The second-order valence-corrected chi connectivity index (χ2v) is 7.49. The molecule has 0 spiro atoms. The van der Waals surface area contributed by atoms with Gasteiger partial charge >= 0.3 is 11.9 Å². The zero-order chi connectivity index (χ0) is 20.1. The predicted molar refractivity (Wildman–Crippen MR) is 111 cm³/mol. The molecule has 144 valence electrons. The highest BCUT2D eigenvalue weighted by Crippen LogP contribution is 2.27. The molecule has 3 rings (SSSR count). The SMILES string of the molecule is C=CC(=O)OC(C)CCCC(=O)Oc1ccc2sc3ccccc3c(=O)c2c1. The van der Waals surface area contributed by atoms with Crippen molar-refractivity contribution in [3.05, 3.63) is 65.3 Å². The first-order valence-electron chi connectivity index (χ1n) is 8.97. The maximum Gasteiger partial charge on any atom is 0.330 e. The Labute approximate surface area is 166 Å². The van der Waals surface area contributed by atoms with E-state index >= 15 is 0 Å². The smallest absolute Gasteiger partial charge is 0.330 e. The lowest BCUT2D eigenvalue weighted by molar-refractivity contribution is -0.142. The molecule has 3 aromatic rings. The Hall–Kier alpha value is -2.99. The minimum atomic E-state index is -0.478. The van der Waals surface area contributed by atoms with E-state index in [9.17, 15) is 14.4 Å². The van der Waals surface area contributed by atoms with Gasteiger partial charge in [0.05, 0.1) is 6.10 Å². The van der Waals surface area contributed by atoms with Gasteiger partial charge in [0.1, 0.15) is 5.75 Å². The summed E-state index contributed by atoms with van der Waals surface area (Å²) in [6.07, 6.45) is 2.08. The molecule has 1 aromatic heterocycles. The maximum atomic E-state index is 12.7. The second kappa shape index (κ2) is 8.80. The van der Waals surface area contributed by atoms with E-state index in [0.717, 1.165) is 15.5 Å². The molecule has 1 heterocycles. The highest BCUT2D eigenvalue weighted by atomic mass is 32.1. The monoisotopic (exact) mass is 396 g/mol. The first-order valence-corrected chi connectivity index (χ1v) is 9.79. The van der Waals surface area contributed by atoms with Crippen LogP contribution in [0.5, 0.6) is 5.75 Å². The lowest BCUT2D eigenvalue weighted by Gasteiger charge is -2.11. The maximum absolute atomic E-state index is 12.7. The second-order valence-electron chi connectivity index (χ2n) is 6.40. The van der Waals surface area contributed by atoms with Crippen LogP contribution in [-0.2, 0) is 14.3 Å². The third kappa shape index (κ3) is 4.64. The summed E-state index contributed by atoms with van der Waals surface area (Å²) < 4.78 is 12.2. The van der Waals surface area contributed by atoms with Gasteiger partial charge < -0.3 is 9.47 Å². The van der Waals surface area contributed by atoms with Crippen LogP contribution in [0.25, 0.3) is 20.2 Å². The lowest BCUT2D eigenvalue weighted by Crippen LogP contribution is -2.14. The van der Waals surface area contributed by atoms with Crippen molar-refractivity contribution in [2.45, 2.75) is 32.3 Å². The fourth-order valence-corrected chi connectivity index (χ4v) is 3.92. The van der Waals surface area contributed by atoms with Crippen LogP contribution >= 0.6 is 11.3 Å². The molecule has 1 atom stereocenters.